The third-order valence-electron chi connectivity index (χ3n) is 2.09. The van der Waals surface area contributed by atoms with Gasteiger partial charge in [-0.1, -0.05) is 0 Å². The summed E-state index contributed by atoms with van der Waals surface area (Å²) in [5.74, 6) is -1.97. The maximum absolute atomic E-state index is 11.3. The number of aromatic carboxylic acids is 1. The Morgan fingerprint density at radius 1 is 1.42 bits per heavy atom. The predicted octanol–water partition coefficient (Wildman–Crippen LogP) is 0.437. The third-order valence-corrected chi connectivity index (χ3v) is 3.43. The van der Waals surface area contributed by atoms with Crippen LogP contribution in [0.3, 0.4) is 0 Å². The second kappa shape index (κ2) is 5.89. The summed E-state index contributed by atoms with van der Waals surface area (Å²) in [5.41, 5.74) is -0.258. The molecule has 9 heteroatoms. The van der Waals surface area contributed by atoms with Crippen LogP contribution in [0.5, 0.6) is 5.75 Å². The molecule has 7 nitrogen and oxygen atoms in total. The van der Waals surface area contributed by atoms with Gasteiger partial charge in [-0.05, 0) is 18.2 Å². The fourth-order valence-corrected chi connectivity index (χ4v) is 2.16. The van der Waals surface area contributed by atoms with Gasteiger partial charge < -0.3 is 15.2 Å². The van der Waals surface area contributed by atoms with E-state index in [1.54, 1.807) is 0 Å². The maximum atomic E-state index is 11.3. The summed E-state index contributed by atoms with van der Waals surface area (Å²) in [6, 6.07) is 3.14. The van der Waals surface area contributed by atoms with Crippen LogP contribution in [0.1, 0.15) is 10.4 Å². The van der Waals surface area contributed by atoms with Crippen molar-refractivity contribution in [2.24, 2.45) is 0 Å². The Morgan fingerprint density at radius 3 is 2.53 bits per heavy atom. The van der Waals surface area contributed by atoms with E-state index in [9.17, 15) is 18.0 Å². The smallest absolute Gasteiger partial charge is 0.335 e. The number of hydrogen-bond donors (Lipinski definition) is 2. The molecule has 0 aliphatic heterocycles. The lowest BCUT2D eigenvalue weighted by Gasteiger charge is -2.09. The Kier molecular flexibility index (Phi) is 4.73. The van der Waals surface area contributed by atoms with Gasteiger partial charge in [0, 0.05) is 17.7 Å². The summed E-state index contributed by atoms with van der Waals surface area (Å²) in [6.45, 7) is -0.414. The molecular weight excluding hydrogens is 298 g/mol. The quantitative estimate of drug-likeness (QED) is 0.764. The lowest BCUT2D eigenvalue weighted by molar-refractivity contribution is -0.122. The SMILES string of the molecule is CNC(=O)COc1ccc(C(=O)O)cc1S(=O)(=O)Cl. The molecule has 0 spiro atoms. The Labute approximate surface area is 113 Å². The molecule has 0 fully saturated rings. The van der Waals surface area contributed by atoms with Gasteiger partial charge in [-0.25, -0.2) is 13.2 Å². The van der Waals surface area contributed by atoms with Crippen molar-refractivity contribution in [1.82, 2.24) is 5.32 Å². The minimum absolute atomic E-state index is 0.191. The third kappa shape index (κ3) is 4.11. The fraction of sp³-hybridized carbons (Fsp3) is 0.200. The molecule has 1 aromatic carbocycles. The van der Waals surface area contributed by atoms with Crippen molar-refractivity contribution in [3.63, 3.8) is 0 Å². The number of likely N-dealkylation sites (N-methyl/N-ethyl adjacent to an activating group) is 1. The highest BCUT2D eigenvalue weighted by atomic mass is 35.7. The highest BCUT2D eigenvalue weighted by Gasteiger charge is 2.20. The Hall–Kier alpha value is -1.80. The van der Waals surface area contributed by atoms with Gasteiger partial charge in [-0.2, -0.15) is 0 Å². The van der Waals surface area contributed by atoms with Crippen molar-refractivity contribution < 1.29 is 27.9 Å². The molecule has 0 saturated carbocycles. The second-order valence-electron chi connectivity index (χ2n) is 3.37. The van der Waals surface area contributed by atoms with Crippen LogP contribution in [0, 0.1) is 0 Å². The highest BCUT2D eigenvalue weighted by Crippen LogP contribution is 2.28. The van der Waals surface area contributed by atoms with Gasteiger partial charge in [-0.15, -0.1) is 0 Å². The molecule has 19 heavy (non-hydrogen) atoms. The number of ether oxygens (including phenoxy) is 1. The Bertz CT molecular complexity index is 612. The van der Waals surface area contributed by atoms with Gasteiger partial charge in [0.25, 0.3) is 15.0 Å². The maximum Gasteiger partial charge on any atom is 0.335 e. The van der Waals surface area contributed by atoms with Crippen molar-refractivity contribution in [2.75, 3.05) is 13.7 Å². The molecule has 0 aliphatic carbocycles. The molecule has 0 bridgehead atoms. The fourth-order valence-electron chi connectivity index (χ4n) is 1.17. The normalized spacial score (nSPS) is 10.8. The summed E-state index contributed by atoms with van der Waals surface area (Å²) in [7, 11) is 2.38. The summed E-state index contributed by atoms with van der Waals surface area (Å²) < 4.78 is 27.7. The molecule has 1 rings (SSSR count). The minimum atomic E-state index is -4.19. The minimum Gasteiger partial charge on any atom is -0.482 e. The van der Waals surface area contributed by atoms with Gasteiger partial charge in [0.15, 0.2) is 6.61 Å². The van der Waals surface area contributed by atoms with E-state index in [0.717, 1.165) is 18.2 Å². The first-order chi connectivity index (χ1) is 8.75. The lowest BCUT2D eigenvalue weighted by atomic mass is 10.2. The molecule has 104 valence electrons. The molecule has 0 atom stereocenters. The van der Waals surface area contributed by atoms with E-state index in [0.29, 0.717) is 0 Å². The van der Waals surface area contributed by atoms with Crippen LogP contribution >= 0.6 is 10.7 Å². The van der Waals surface area contributed by atoms with Crippen LogP contribution in [0.2, 0.25) is 0 Å². The number of halogens is 1. The van der Waals surface area contributed by atoms with Crippen LogP contribution in [0.4, 0.5) is 0 Å². The van der Waals surface area contributed by atoms with E-state index in [1.165, 1.54) is 7.05 Å². The van der Waals surface area contributed by atoms with Crippen molar-refractivity contribution in [1.29, 1.82) is 0 Å². The van der Waals surface area contributed by atoms with Gasteiger partial charge in [0.1, 0.15) is 10.6 Å². The van der Waals surface area contributed by atoms with Crippen molar-refractivity contribution in [3.05, 3.63) is 23.8 Å². The van der Waals surface area contributed by atoms with Gasteiger partial charge in [-0.3, -0.25) is 4.79 Å². The Morgan fingerprint density at radius 2 is 2.05 bits per heavy atom. The standard InChI is InChI=1S/C10H10ClNO6S/c1-12-9(13)5-18-7-3-2-6(10(14)15)4-8(7)19(11,16)17/h2-4H,5H2,1H3,(H,12,13)(H,14,15). The number of carboxylic acids is 1. The van der Waals surface area contributed by atoms with Crippen molar-refractivity contribution in [2.45, 2.75) is 4.90 Å². The summed E-state index contributed by atoms with van der Waals surface area (Å²) in [4.78, 5) is 21.3. The number of carboxylic acid groups (broad SMARTS) is 1. The molecular formula is C10H10ClNO6S. The highest BCUT2D eigenvalue weighted by molar-refractivity contribution is 8.13. The first-order valence-corrected chi connectivity index (χ1v) is 7.22. The van der Waals surface area contributed by atoms with E-state index < -0.39 is 32.4 Å². The van der Waals surface area contributed by atoms with Gasteiger partial charge >= 0.3 is 5.97 Å². The predicted molar refractivity (Wildman–Crippen MR) is 66.0 cm³/mol. The van der Waals surface area contributed by atoms with E-state index in [1.807, 2.05) is 0 Å². The summed E-state index contributed by atoms with van der Waals surface area (Å²) in [6.07, 6.45) is 0. The zero-order chi connectivity index (χ0) is 14.6. The van der Waals surface area contributed by atoms with Crippen LogP contribution in [-0.2, 0) is 13.8 Å². The molecule has 0 aromatic heterocycles. The van der Waals surface area contributed by atoms with E-state index in [-0.39, 0.29) is 11.3 Å². The number of carbonyl (C=O) groups excluding carboxylic acids is 1. The second-order valence-corrected chi connectivity index (χ2v) is 5.90. The van der Waals surface area contributed by atoms with Crippen LogP contribution < -0.4 is 10.1 Å². The Balaban J connectivity index is 3.17. The molecule has 0 radical (unpaired) electrons. The van der Waals surface area contributed by atoms with E-state index >= 15 is 0 Å². The zero-order valence-corrected chi connectivity index (χ0v) is 11.3. The van der Waals surface area contributed by atoms with Crippen LogP contribution in [0.25, 0.3) is 0 Å². The topological polar surface area (TPSA) is 110 Å². The molecule has 0 aliphatic rings. The monoisotopic (exact) mass is 307 g/mol. The molecule has 1 aromatic rings. The first kappa shape index (κ1) is 15.3. The largest absolute Gasteiger partial charge is 0.482 e. The molecule has 2 N–H and O–H groups in total. The first-order valence-electron chi connectivity index (χ1n) is 4.91. The average molecular weight is 308 g/mol. The van der Waals surface area contributed by atoms with E-state index in [4.69, 9.17) is 20.5 Å². The number of benzene rings is 1. The number of carbonyl (C=O) groups is 2. The molecule has 0 unspecified atom stereocenters. The molecule has 0 saturated heterocycles. The zero-order valence-electron chi connectivity index (χ0n) is 9.71. The van der Waals surface area contributed by atoms with Gasteiger partial charge in [0.05, 0.1) is 5.56 Å². The number of nitrogens with one attached hydrogen (secondary N) is 1. The lowest BCUT2D eigenvalue weighted by Crippen LogP contribution is -2.25. The van der Waals surface area contributed by atoms with Crippen LogP contribution in [0.15, 0.2) is 23.1 Å². The van der Waals surface area contributed by atoms with E-state index in [2.05, 4.69) is 5.32 Å². The van der Waals surface area contributed by atoms with Crippen molar-refractivity contribution >= 4 is 31.6 Å². The summed E-state index contributed by atoms with van der Waals surface area (Å²) >= 11 is 0. The number of hydrogen-bond acceptors (Lipinski definition) is 5. The number of amides is 1. The number of rotatable bonds is 5. The molecule has 0 heterocycles. The van der Waals surface area contributed by atoms with Crippen molar-refractivity contribution in [3.8, 4) is 5.75 Å². The summed E-state index contributed by atoms with van der Waals surface area (Å²) in [5, 5.41) is 11.1. The molecule has 1 amide bonds. The van der Waals surface area contributed by atoms with Gasteiger partial charge in [0.2, 0.25) is 0 Å². The average Bonchev–Trinajstić information content (AvgIpc) is 2.34. The van der Waals surface area contributed by atoms with Crippen LogP contribution in [-0.4, -0.2) is 39.1 Å².